The van der Waals surface area contributed by atoms with E-state index >= 15 is 0 Å². The Morgan fingerprint density at radius 1 is 0.944 bits per heavy atom. The SMILES string of the molecule is O=Cc1nc(Cl)ccc1-c1c(Cl)ccc(Cl)c1Cl. The number of benzene rings is 1. The van der Waals surface area contributed by atoms with Gasteiger partial charge in [0.2, 0.25) is 0 Å². The van der Waals surface area contributed by atoms with Crippen LogP contribution in [0.3, 0.4) is 0 Å². The molecule has 1 aromatic heterocycles. The molecular weight excluding hydrogens is 316 g/mol. The quantitative estimate of drug-likeness (QED) is 0.434. The molecule has 2 aromatic rings. The summed E-state index contributed by atoms with van der Waals surface area (Å²) in [5.41, 5.74) is 1.12. The van der Waals surface area contributed by atoms with E-state index in [4.69, 9.17) is 46.4 Å². The number of carbonyl (C=O) groups is 1. The number of pyridine rings is 1. The van der Waals surface area contributed by atoms with Gasteiger partial charge in [0.25, 0.3) is 0 Å². The normalized spacial score (nSPS) is 10.4. The maximum absolute atomic E-state index is 11.0. The highest BCUT2D eigenvalue weighted by atomic mass is 35.5. The number of nitrogens with zero attached hydrogens (tertiary/aromatic N) is 1. The summed E-state index contributed by atoms with van der Waals surface area (Å²) < 4.78 is 0. The minimum atomic E-state index is 0.161. The second-order valence-corrected chi connectivity index (χ2v) is 4.98. The van der Waals surface area contributed by atoms with Crippen LogP contribution in [0.25, 0.3) is 11.1 Å². The highest BCUT2D eigenvalue weighted by molar-refractivity contribution is 6.46. The largest absolute Gasteiger partial charge is 0.296 e. The Labute approximate surface area is 123 Å². The summed E-state index contributed by atoms with van der Waals surface area (Å²) in [4.78, 5) is 14.9. The van der Waals surface area contributed by atoms with Crippen molar-refractivity contribution in [1.29, 1.82) is 0 Å². The molecule has 0 aliphatic heterocycles. The van der Waals surface area contributed by atoms with Gasteiger partial charge in [-0.15, -0.1) is 0 Å². The maximum Gasteiger partial charge on any atom is 0.169 e. The van der Waals surface area contributed by atoms with E-state index in [0.29, 0.717) is 27.5 Å². The van der Waals surface area contributed by atoms with Crippen molar-refractivity contribution in [2.24, 2.45) is 0 Å². The molecule has 18 heavy (non-hydrogen) atoms. The fourth-order valence-corrected chi connectivity index (χ4v) is 2.41. The highest BCUT2D eigenvalue weighted by Crippen LogP contribution is 2.40. The van der Waals surface area contributed by atoms with E-state index < -0.39 is 0 Å². The molecule has 0 radical (unpaired) electrons. The topological polar surface area (TPSA) is 30.0 Å². The highest BCUT2D eigenvalue weighted by Gasteiger charge is 2.16. The van der Waals surface area contributed by atoms with Gasteiger partial charge in [-0.05, 0) is 24.3 Å². The van der Waals surface area contributed by atoms with Gasteiger partial charge in [-0.3, -0.25) is 4.79 Å². The molecule has 0 atom stereocenters. The summed E-state index contributed by atoms with van der Waals surface area (Å²) in [6, 6.07) is 6.37. The minimum Gasteiger partial charge on any atom is -0.296 e. The monoisotopic (exact) mass is 319 g/mol. The van der Waals surface area contributed by atoms with Crippen LogP contribution in [0.1, 0.15) is 10.5 Å². The molecule has 0 fully saturated rings. The van der Waals surface area contributed by atoms with Gasteiger partial charge in [-0.25, -0.2) is 4.98 Å². The first-order chi connectivity index (χ1) is 8.54. The number of aldehydes is 1. The van der Waals surface area contributed by atoms with Gasteiger partial charge in [0.15, 0.2) is 6.29 Å². The molecule has 0 amide bonds. The van der Waals surface area contributed by atoms with Crippen LogP contribution < -0.4 is 0 Å². The summed E-state index contributed by atoms with van der Waals surface area (Å²) in [6.45, 7) is 0. The van der Waals surface area contributed by atoms with Crippen molar-refractivity contribution in [2.45, 2.75) is 0 Å². The molecule has 0 spiro atoms. The Hall–Kier alpha value is -0.800. The van der Waals surface area contributed by atoms with Crippen molar-refractivity contribution in [2.75, 3.05) is 0 Å². The predicted octanol–water partition coefficient (Wildman–Crippen LogP) is 5.17. The Kier molecular flexibility index (Phi) is 4.13. The molecule has 1 aromatic carbocycles. The molecule has 0 saturated heterocycles. The number of hydrogen-bond acceptors (Lipinski definition) is 2. The predicted molar refractivity (Wildman–Crippen MR) is 75.1 cm³/mol. The fourth-order valence-electron chi connectivity index (χ4n) is 1.53. The van der Waals surface area contributed by atoms with Gasteiger partial charge in [0.05, 0.1) is 15.1 Å². The van der Waals surface area contributed by atoms with Gasteiger partial charge in [-0.2, -0.15) is 0 Å². The van der Waals surface area contributed by atoms with E-state index in [2.05, 4.69) is 4.98 Å². The molecule has 6 heteroatoms. The first-order valence-electron chi connectivity index (χ1n) is 4.80. The zero-order valence-corrected chi connectivity index (χ0v) is 11.8. The number of hydrogen-bond donors (Lipinski definition) is 0. The van der Waals surface area contributed by atoms with E-state index in [9.17, 15) is 4.79 Å². The molecule has 0 saturated carbocycles. The van der Waals surface area contributed by atoms with Crippen LogP contribution in [0.15, 0.2) is 24.3 Å². The summed E-state index contributed by atoms with van der Waals surface area (Å²) in [6.07, 6.45) is 0.592. The number of rotatable bonds is 2. The second-order valence-electron chi connectivity index (χ2n) is 3.40. The standard InChI is InChI=1S/C12H5Cl4NO/c13-7-2-3-8(14)12(16)11(7)6-1-4-10(15)17-9(6)5-18/h1-5H. The third-order valence-corrected chi connectivity index (χ3v) is 3.65. The van der Waals surface area contributed by atoms with Gasteiger partial charge in [0.1, 0.15) is 10.8 Å². The van der Waals surface area contributed by atoms with Crippen LogP contribution in [-0.2, 0) is 0 Å². The molecule has 0 aliphatic carbocycles. The summed E-state index contributed by atoms with van der Waals surface area (Å²) in [5.74, 6) is 0. The van der Waals surface area contributed by atoms with Gasteiger partial charge < -0.3 is 0 Å². The van der Waals surface area contributed by atoms with Crippen molar-refractivity contribution in [3.63, 3.8) is 0 Å². The van der Waals surface area contributed by atoms with Crippen molar-refractivity contribution in [3.8, 4) is 11.1 Å². The Balaban J connectivity index is 2.77. The molecule has 2 nitrogen and oxygen atoms in total. The molecule has 92 valence electrons. The molecule has 0 N–H and O–H groups in total. The lowest BCUT2D eigenvalue weighted by atomic mass is 10.0. The van der Waals surface area contributed by atoms with Crippen LogP contribution in [0.4, 0.5) is 0 Å². The average Bonchev–Trinajstić information content (AvgIpc) is 2.36. The number of aromatic nitrogens is 1. The lowest BCUT2D eigenvalue weighted by Gasteiger charge is -2.10. The molecule has 1 heterocycles. The third-order valence-electron chi connectivity index (χ3n) is 2.32. The summed E-state index contributed by atoms with van der Waals surface area (Å²) in [7, 11) is 0. The summed E-state index contributed by atoms with van der Waals surface area (Å²) in [5, 5.41) is 1.23. The maximum atomic E-state index is 11.0. The van der Waals surface area contributed by atoms with Crippen LogP contribution in [-0.4, -0.2) is 11.3 Å². The number of halogens is 4. The average molecular weight is 321 g/mol. The van der Waals surface area contributed by atoms with Crippen molar-refractivity contribution in [1.82, 2.24) is 4.98 Å². The first kappa shape index (κ1) is 13.6. The molecule has 0 bridgehead atoms. The first-order valence-corrected chi connectivity index (χ1v) is 6.31. The zero-order chi connectivity index (χ0) is 13.3. The molecule has 0 aliphatic rings. The van der Waals surface area contributed by atoms with E-state index in [1.807, 2.05) is 0 Å². The molecular formula is C12H5Cl4NO. The Morgan fingerprint density at radius 3 is 2.28 bits per heavy atom. The van der Waals surface area contributed by atoms with Crippen molar-refractivity contribution in [3.05, 3.63) is 50.2 Å². The van der Waals surface area contributed by atoms with Crippen LogP contribution >= 0.6 is 46.4 Å². The molecule has 2 rings (SSSR count). The zero-order valence-electron chi connectivity index (χ0n) is 8.75. The third kappa shape index (κ3) is 2.47. The summed E-state index contributed by atoms with van der Waals surface area (Å²) >= 11 is 23.9. The smallest absolute Gasteiger partial charge is 0.169 e. The lowest BCUT2D eigenvalue weighted by molar-refractivity contribution is 0.111. The Bertz CT molecular complexity index is 628. The van der Waals surface area contributed by atoms with Gasteiger partial charge in [0, 0.05) is 11.1 Å². The lowest BCUT2D eigenvalue weighted by Crippen LogP contribution is -1.94. The van der Waals surface area contributed by atoms with E-state index in [1.165, 1.54) is 0 Å². The van der Waals surface area contributed by atoms with Gasteiger partial charge in [-0.1, -0.05) is 46.4 Å². The fraction of sp³-hybridized carbons (Fsp3) is 0. The number of carbonyl (C=O) groups excluding carboxylic acids is 1. The van der Waals surface area contributed by atoms with Crippen LogP contribution in [0.2, 0.25) is 20.2 Å². The van der Waals surface area contributed by atoms with Crippen LogP contribution in [0.5, 0.6) is 0 Å². The van der Waals surface area contributed by atoms with Crippen molar-refractivity contribution < 1.29 is 4.79 Å². The molecule has 0 unspecified atom stereocenters. The van der Waals surface area contributed by atoms with E-state index in [-0.39, 0.29) is 15.9 Å². The van der Waals surface area contributed by atoms with Crippen molar-refractivity contribution >= 4 is 52.7 Å². The van der Waals surface area contributed by atoms with Gasteiger partial charge >= 0.3 is 0 Å². The second kappa shape index (κ2) is 5.45. The van der Waals surface area contributed by atoms with E-state index in [1.54, 1.807) is 24.3 Å². The minimum absolute atomic E-state index is 0.161. The van der Waals surface area contributed by atoms with E-state index in [0.717, 1.165) is 0 Å². The Morgan fingerprint density at radius 2 is 1.61 bits per heavy atom. The van der Waals surface area contributed by atoms with Crippen LogP contribution in [0, 0.1) is 0 Å².